The number of primary amides is 1. The van der Waals surface area contributed by atoms with E-state index in [1.54, 1.807) is 30.3 Å². The summed E-state index contributed by atoms with van der Waals surface area (Å²) in [5.74, 6) is -8.30. The molecule has 16 nitrogen and oxygen atoms in total. The number of ether oxygens (including phenoxy) is 1. The van der Waals surface area contributed by atoms with E-state index in [1.807, 2.05) is 37.3 Å². The van der Waals surface area contributed by atoms with Crippen molar-refractivity contribution in [3.8, 4) is 0 Å². The Bertz CT molecular complexity index is 1860. The number of hydrogen-bond donors (Lipinski definition) is 6. The first-order valence-corrected chi connectivity index (χ1v) is 21.6. The number of nitrogens with one attached hydrogen (secondary N) is 4. The SMILES string of the molecule is CCCCC(NC(=O)C1CC(OCc2ccccc2)CN1C(=O)C(NC(=O)C1CCCCC1C(=O)O)C1CCCCC1)C(=O)C(=O)NCC(=O)NC(C(N)=O)c1ccccc1. The van der Waals surface area contributed by atoms with Crippen LogP contribution in [-0.4, -0.2) is 94.5 Å². The van der Waals surface area contributed by atoms with Crippen LogP contribution in [0.2, 0.25) is 0 Å². The molecular formula is C45H60N6O10. The lowest BCUT2D eigenvalue weighted by Gasteiger charge is -2.36. The highest BCUT2D eigenvalue weighted by Crippen LogP contribution is 2.33. The van der Waals surface area contributed by atoms with Gasteiger partial charge in [-0.2, -0.15) is 0 Å². The molecule has 61 heavy (non-hydrogen) atoms. The van der Waals surface area contributed by atoms with Gasteiger partial charge in [0.15, 0.2) is 0 Å². The monoisotopic (exact) mass is 844 g/mol. The Labute approximate surface area is 356 Å². The molecule has 0 radical (unpaired) electrons. The van der Waals surface area contributed by atoms with E-state index in [-0.39, 0.29) is 31.9 Å². The third-order valence-electron chi connectivity index (χ3n) is 12.1. The molecule has 330 valence electrons. The number of nitrogens with zero attached hydrogens (tertiary/aromatic N) is 1. The number of unbranched alkanes of at least 4 members (excludes halogenated alkanes) is 1. The minimum Gasteiger partial charge on any atom is -0.481 e. The highest BCUT2D eigenvalue weighted by atomic mass is 16.5. The Balaban J connectivity index is 1.33. The van der Waals surface area contributed by atoms with Gasteiger partial charge >= 0.3 is 5.97 Å². The van der Waals surface area contributed by atoms with Gasteiger partial charge in [-0.3, -0.25) is 38.4 Å². The average molecular weight is 845 g/mol. The second-order valence-electron chi connectivity index (χ2n) is 16.4. The molecule has 2 aromatic rings. The summed E-state index contributed by atoms with van der Waals surface area (Å²) >= 11 is 0. The second-order valence-corrected chi connectivity index (χ2v) is 16.4. The molecule has 1 saturated heterocycles. The van der Waals surface area contributed by atoms with Crippen molar-refractivity contribution in [1.82, 2.24) is 26.2 Å². The summed E-state index contributed by atoms with van der Waals surface area (Å²) in [5.41, 5.74) is 6.82. The van der Waals surface area contributed by atoms with Crippen LogP contribution in [0, 0.1) is 17.8 Å². The predicted molar refractivity (Wildman–Crippen MR) is 223 cm³/mol. The van der Waals surface area contributed by atoms with Crippen molar-refractivity contribution in [3.05, 3.63) is 71.8 Å². The summed E-state index contributed by atoms with van der Waals surface area (Å²) in [7, 11) is 0. The minimum atomic E-state index is -1.30. The number of likely N-dealkylation sites (tertiary alicyclic amines) is 1. The Hall–Kier alpha value is -5.64. The van der Waals surface area contributed by atoms with Gasteiger partial charge in [-0.1, -0.05) is 113 Å². The van der Waals surface area contributed by atoms with E-state index < -0.39 is 95.8 Å². The number of hydrogen-bond acceptors (Lipinski definition) is 9. The average Bonchev–Trinajstić information content (AvgIpc) is 3.72. The predicted octanol–water partition coefficient (Wildman–Crippen LogP) is 2.83. The number of Topliss-reactive ketones (excluding diaryl/α,β-unsaturated/α-hetero) is 1. The zero-order valence-corrected chi connectivity index (χ0v) is 34.9. The fourth-order valence-electron chi connectivity index (χ4n) is 8.75. The number of ketones is 1. The summed E-state index contributed by atoms with van der Waals surface area (Å²) in [6.45, 7) is 1.46. The van der Waals surface area contributed by atoms with Crippen LogP contribution in [0.5, 0.6) is 0 Å². The van der Waals surface area contributed by atoms with Crippen LogP contribution in [0.15, 0.2) is 60.7 Å². The topological polar surface area (TPSA) is 243 Å². The van der Waals surface area contributed by atoms with Gasteiger partial charge in [0.2, 0.25) is 35.3 Å². The quantitative estimate of drug-likeness (QED) is 0.107. The molecule has 7 atom stereocenters. The maximum Gasteiger partial charge on any atom is 0.307 e. The number of carboxylic acids is 1. The number of carbonyl (C=O) groups is 8. The molecule has 0 spiro atoms. The number of amides is 6. The number of rotatable bonds is 20. The van der Waals surface area contributed by atoms with Gasteiger partial charge in [-0.15, -0.1) is 0 Å². The Morgan fingerprint density at radius 3 is 2.08 bits per heavy atom. The molecule has 3 aliphatic rings. The Kier molecular flexibility index (Phi) is 17.4. The van der Waals surface area contributed by atoms with Crippen LogP contribution in [0.3, 0.4) is 0 Å². The van der Waals surface area contributed by atoms with Crippen LogP contribution >= 0.6 is 0 Å². The summed E-state index contributed by atoms with van der Waals surface area (Å²) < 4.78 is 6.25. The van der Waals surface area contributed by atoms with Crippen molar-refractivity contribution < 1.29 is 48.2 Å². The van der Waals surface area contributed by atoms with E-state index in [1.165, 1.54) is 4.90 Å². The number of carboxylic acid groups (broad SMARTS) is 1. The number of nitrogens with two attached hydrogens (primary N) is 1. The van der Waals surface area contributed by atoms with Gasteiger partial charge in [-0.25, -0.2) is 0 Å². The fourth-order valence-corrected chi connectivity index (χ4v) is 8.75. The molecule has 3 fully saturated rings. The van der Waals surface area contributed by atoms with Crippen molar-refractivity contribution in [1.29, 1.82) is 0 Å². The summed E-state index contributed by atoms with van der Waals surface area (Å²) in [5, 5.41) is 20.4. The molecule has 0 aromatic heterocycles. The number of aliphatic carboxylic acids is 1. The molecule has 1 heterocycles. The summed E-state index contributed by atoms with van der Waals surface area (Å²) in [4.78, 5) is 108. The first-order valence-electron chi connectivity index (χ1n) is 21.6. The number of carbonyl (C=O) groups excluding carboxylic acids is 7. The highest BCUT2D eigenvalue weighted by Gasteiger charge is 2.46. The molecule has 2 aliphatic carbocycles. The van der Waals surface area contributed by atoms with Crippen LogP contribution in [-0.2, 0) is 49.7 Å². The summed E-state index contributed by atoms with van der Waals surface area (Å²) in [6, 6.07) is 13.1. The van der Waals surface area contributed by atoms with Crippen LogP contribution in [0.1, 0.15) is 108 Å². The van der Waals surface area contributed by atoms with E-state index >= 15 is 0 Å². The van der Waals surface area contributed by atoms with Crippen LogP contribution in [0.4, 0.5) is 0 Å². The van der Waals surface area contributed by atoms with Gasteiger partial charge in [0, 0.05) is 13.0 Å². The fraction of sp³-hybridized carbons (Fsp3) is 0.556. The smallest absolute Gasteiger partial charge is 0.307 e. The van der Waals surface area contributed by atoms with Gasteiger partial charge in [0.05, 0.1) is 37.1 Å². The molecular weight excluding hydrogens is 785 g/mol. The van der Waals surface area contributed by atoms with Crippen molar-refractivity contribution in [3.63, 3.8) is 0 Å². The normalized spacial score (nSPS) is 21.9. The first-order chi connectivity index (χ1) is 29.4. The highest BCUT2D eigenvalue weighted by molar-refractivity contribution is 6.38. The van der Waals surface area contributed by atoms with E-state index in [4.69, 9.17) is 10.5 Å². The molecule has 16 heteroatoms. The molecule has 5 rings (SSSR count). The third-order valence-corrected chi connectivity index (χ3v) is 12.1. The van der Waals surface area contributed by atoms with E-state index in [9.17, 15) is 43.5 Å². The maximum atomic E-state index is 14.8. The van der Waals surface area contributed by atoms with Crippen molar-refractivity contribution >= 4 is 47.2 Å². The third kappa shape index (κ3) is 12.9. The lowest BCUT2D eigenvalue weighted by Crippen LogP contribution is -2.59. The summed E-state index contributed by atoms with van der Waals surface area (Å²) in [6.07, 6.45) is 6.85. The van der Waals surface area contributed by atoms with Crippen molar-refractivity contribution in [2.75, 3.05) is 13.1 Å². The van der Waals surface area contributed by atoms with E-state index in [0.29, 0.717) is 56.9 Å². The Morgan fingerprint density at radius 2 is 1.44 bits per heavy atom. The largest absolute Gasteiger partial charge is 0.481 e. The van der Waals surface area contributed by atoms with E-state index in [0.717, 1.165) is 24.8 Å². The van der Waals surface area contributed by atoms with Gasteiger partial charge in [0.1, 0.15) is 18.1 Å². The van der Waals surface area contributed by atoms with Crippen molar-refractivity contribution in [2.24, 2.45) is 23.5 Å². The molecule has 0 bridgehead atoms. The van der Waals surface area contributed by atoms with Crippen molar-refractivity contribution in [2.45, 2.75) is 127 Å². The molecule has 7 N–H and O–H groups in total. The lowest BCUT2D eigenvalue weighted by atomic mass is 9.78. The minimum absolute atomic E-state index is 0.0163. The molecule has 1 aliphatic heterocycles. The maximum absolute atomic E-state index is 14.8. The zero-order chi connectivity index (χ0) is 43.9. The van der Waals surface area contributed by atoms with Gasteiger partial charge in [-0.05, 0) is 49.1 Å². The molecule has 2 aromatic carbocycles. The second kappa shape index (κ2) is 22.8. The lowest BCUT2D eigenvalue weighted by molar-refractivity contribution is -0.150. The van der Waals surface area contributed by atoms with Gasteiger partial charge in [0.25, 0.3) is 5.91 Å². The van der Waals surface area contributed by atoms with Crippen LogP contribution < -0.4 is 27.0 Å². The standard InChI is InChI=1S/C45H60N6O10/c1-2-3-23-34(39(53)43(57)47-25-36(52)49-37(40(46)54)29-17-9-5-10-18-29)48-42(56)35-24-31(61-27-28-15-7-4-8-16-28)26-51(35)44(58)38(30-19-11-6-12-20-30)50-41(55)32-21-13-14-22-33(32)45(59)60/h4-5,7-10,15-18,30-35,37-38H,2-3,6,11-14,19-27H2,1H3,(H2,46,54)(H,47,57)(H,48,56)(H,49,52)(H,50,55)(H,59,60). The van der Waals surface area contributed by atoms with Gasteiger partial charge < -0.3 is 41.7 Å². The number of benzene rings is 2. The van der Waals surface area contributed by atoms with E-state index in [2.05, 4.69) is 21.3 Å². The molecule has 6 amide bonds. The molecule has 2 saturated carbocycles. The van der Waals surface area contributed by atoms with Crippen LogP contribution in [0.25, 0.3) is 0 Å². The first kappa shape index (κ1) is 46.4. The molecule has 7 unspecified atom stereocenters. The zero-order valence-electron chi connectivity index (χ0n) is 34.9. The Morgan fingerprint density at radius 1 is 0.803 bits per heavy atom.